The smallest absolute Gasteiger partial charge is 0.119 e. The van der Waals surface area contributed by atoms with Crippen LogP contribution in [0.25, 0.3) is 10.9 Å². The van der Waals surface area contributed by atoms with E-state index < -0.39 is 0 Å². The lowest BCUT2D eigenvalue weighted by Crippen LogP contribution is -2.22. The van der Waals surface area contributed by atoms with Crippen molar-refractivity contribution >= 4 is 16.6 Å². The Morgan fingerprint density at radius 3 is 1.95 bits per heavy atom. The molecule has 0 aliphatic rings. The molecule has 1 N–H and O–H groups in total. The minimum atomic E-state index is 0.517. The molecule has 1 heterocycles. The number of methoxy groups -OCH3 is 2. The number of rotatable bonds is 14. The molecule has 0 aliphatic heterocycles. The molecule has 0 unspecified atom stereocenters. The molecule has 4 aromatic carbocycles. The van der Waals surface area contributed by atoms with Crippen LogP contribution < -0.4 is 14.4 Å². The molecule has 0 saturated carbocycles. The number of benzene rings is 4. The third kappa shape index (κ3) is 7.40. The number of aromatic amines is 1. The van der Waals surface area contributed by atoms with Gasteiger partial charge in [0.25, 0.3) is 0 Å². The lowest BCUT2D eigenvalue weighted by atomic mass is 10.1. The second kappa shape index (κ2) is 13.6. The summed E-state index contributed by atoms with van der Waals surface area (Å²) in [7, 11) is 3.37. The second-order valence-corrected chi connectivity index (χ2v) is 9.63. The molecule has 7 nitrogen and oxygen atoms in total. The third-order valence-corrected chi connectivity index (χ3v) is 6.71. The number of hydrogen-bond acceptors (Lipinski definition) is 6. The molecule has 5 aromatic rings. The number of nitrogens with zero attached hydrogens (tertiary/aromatic N) is 2. The van der Waals surface area contributed by atoms with Gasteiger partial charge in [0.05, 0.1) is 52.4 Å². The largest absolute Gasteiger partial charge is 0.497 e. The van der Waals surface area contributed by atoms with E-state index in [4.69, 9.17) is 18.9 Å². The van der Waals surface area contributed by atoms with Crippen molar-refractivity contribution in [2.24, 2.45) is 0 Å². The average molecular weight is 538 g/mol. The summed E-state index contributed by atoms with van der Waals surface area (Å²) in [6.07, 6.45) is 1.85. The van der Waals surface area contributed by atoms with Gasteiger partial charge in [-0.05, 0) is 64.7 Å². The number of H-pyrrole nitrogens is 1. The Balaban J connectivity index is 1.22. The first kappa shape index (κ1) is 27.2. The zero-order valence-electron chi connectivity index (χ0n) is 23.0. The van der Waals surface area contributed by atoms with Gasteiger partial charge >= 0.3 is 0 Å². The summed E-state index contributed by atoms with van der Waals surface area (Å²) in [6.45, 7) is 3.57. The Labute approximate surface area is 235 Å². The molecule has 0 atom stereocenters. The van der Waals surface area contributed by atoms with E-state index in [-0.39, 0.29) is 0 Å². The first-order valence-electron chi connectivity index (χ1n) is 13.4. The molecule has 5 rings (SSSR count). The van der Waals surface area contributed by atoms with E-state index in [9.17, 15) is 0 Å². The lowest BCUT2D eigenvalue weighted by Gasteiger charge is -2.26. The van der Waals surface area contributed by atoms with Crippen LogP contribution in [0.5, 0.6) is 11.5 Å². The van der Waals surface area contributed by atoms with Gasteiger partial charge in [0.15, 0.2) is 0 Å². The van der Waals surface area contributed by atoms with Crippen LogP contribution in [-0.4, -0.2) is 37.6 Å². The predicted molar refractivity (Wildman–Crippen MR) is 158 cm³/mol. The summed E-state index contributed by atoms with van der Waals surface area (Å²) >= 11 is 0. The number of aromatic nitrogens is 2. The monoisotopic (exact) mass is 537 g/mol. The minimum absolute atomic E-state index is 0.517. The molecule has 0 spiro atoms. The zero-order valence-corrected chi connectivity index (χ0v) is 23.0. The van der Waals surface area contributed by atoms with Crippen LogP contribution >= 0.6 is 0 Å². The molecule has 0 amide bonds. The Morgan fingerprint density at radius 2 is 1.25 bits per heavy atom. The van der Waals surface area contributed by atoms with Crippen molar-refractivity contribution in [2.45, 2.75) is 26.3 Å². The van der Waals surface area contributed by atoms with Gasteiger partial charge in [0.2, 0.25) is 0 Å². The van der Waals surface area contributed by atoms with E-state index in [0.29, 0.717) is 26.4 Å². The van der Waals surface area contributed by atoms with Gasteiger partial charge < -0.3 is 23.8 Å². The van der Waals surface area contributed by atoms with Crippen molar-refractivity contribution in [3.05, 3.63) is 119 Å². The van der Waals surface area contributed by atoms with Crippen molar-refractivity contribution < 1.29 is 18.9 Å². The molecule has 0 radical (unpaired) electrons. The highest BCUT2D eigenvalue weighted by molar-refractivity contribution is 5.78. The lowest BCUT2D eigenvalue weighted by molar-refractivity contribution is 0.0338. The van der Waals surface area contributed by atoms with Crippen molar-refractivity contribution in [2.75, 3.05) is 32.3 Å². The first-order chi connectivity index (χ1) is 19.7. The third-order valence-electron chi connectivity index (χ3n) is 6.71. The maximum absolute atomic E-state index is 5.95. The minimum Gasteiger partial charge on any atom is -0.497 e. The number of hydrogen-bond donors (Lipinski definition) is 1. The molecule has 1 aromatic heterocycles. The van der Waals surface area contributed by atoms with Gasteiger partial charge in [-0.25, -0.2) is 0 Å². The standard InChI is InChI=1S/C33H35N3O4/c1-37-31-10-4-6-25(17-31)21-36(22-26-12-13-29-20-34-35-33(29)19-26)30-9-3-7-27(16-30)23-39-14-15-40-24-28-8-5-11-32(18-28)38-2/h3-13,16-20H,14-15,21-24H2,1-2H3,(H,34,35). The fraction of sp³-hybridized carbons (Fsp3) is 0.242. The fourth-order valence-corrected chi connectivity index (χ4v) is 4.64. The van der Waals surface area contributed by atoms with Gasteiger partial charge in [0, 0.05) is 24.2 Å². The summed E-state index contributed by atoms with van der Waals surface area (Å²) in [5.41, 5.74) is 6.74. The van der Waals surface area contributed by atoms with Gasteiger partial charge in [0.1, 0.15) is 11.5 Å². The van der Waals surface area contributed by atoms with Crippen molar-refractivity contribution in [1.29, 1.82) is 0 Å². The number of fused-ring (bicyclic) bond motifs is 1. The molecule has 0 bridgehead atoms. The number of nitrogens with one attached hydrogen (secondary N) is 1. The Kier molecular flexibility index (Phi) is 9.29. The number of ether oxygens (including phenoxy) is 4. The van der Waals surface area contributed by atoms with Crippen molar-refractivity contribution in [3.63, 3.8) is 0 Å². The molecule has 40 heavy (non-hydrogen) atoms. The van der Waals surface area contributed by atoms with Crippen LogP contribution in [0.3, 0.4) is 0 Å². The van der Waals surface area contributed by atoms with E-state index in [2.05, 4.69) is 69.7 Å². The summed E-state index contributed by atoms with van der Waals surface area (Å²) in [6, 6.07) is 31.1. The van der Waals surface area contributed by atoms with Gasteiger partial charge in [-0.2, -0.15) is 5.10 Å². The van der Waals surface area contributed by atoms with Crippen LogP contribution in [0.1, 0.15) is 22.3 Å². The van der Waals surface area contributed by atoms with E-state index in [0.717, 1.165) is 52.3 Å². The van der Waals surface area contributed by atoms with E-state index in [1.54, 1.807) is 14.2 Å². The predicted octanol–water partition coefficient (Wildman–Crippen LogP) is 6.52. The molecule has 206 valence electrons. The fourth-order valence-electron chi connectivity index (χ4n) is 4.64. The Bertz CT molecular complexity index is 1520. The quantitative estimate of drug-likeness (QED) is 0.163. The Hall–Kier alpha value is -4.33. The summed E-state index contributed by atoms with van der Waals surface area (Å²) in [5, 5.41) is 8.35. The summed E-state index contributed by atoms with van der Waals surface area (Å²) < 4.78 is 22.5. The van der Waals surface area contributed by atoms with Crippen LogP contribution in [0.2, 0.25) is 0 Å². The molecule has 0 saturated heterocycles. The van der Waals surface area contributed by atoms with Gasteiger partial charge in [-0.1, -0.05) is 48.5 Å². The second-order valence-electron chi connectivity index (χ2n) is 9.63. The molecule has 7 heteroatoms. The SMILES string of the molecule is COc1cccc(COCCOCc2cccc(N(Cc3cccc(OC)c3)Cc3ccc4cn[nH]c4c3)c2)c1. The zero-order chi connectivity index (χ0) is 27.6. The number of anilines is 1. The maximum atomic E-state index is 5.95. The maximum Gasteiger partial charge on any atom is 0.119 e. The molecular formula is C33H35N3O4. The van der Waals surface area contributed by atoms with Gasteiger partial charge in [-0.3, -0.25) is 5.10 Å². The van der Waals surface area contributed by atoms with Gasteiger partial charge in [-0.15, -0.1) is 0 Å². The molecule has 0 aliphatic carbocycles. The van der Waals surface area contributed by atoms with Crippen molar-refractivity contribution in [1.82, 2.24) is 10.2 Å². The topological polar surface area (TPSA) is 68.8 Å². The highest BCUT2D eigenvalue weighted by atomic mass is 16.5. The van der Waals surface area contributed by atoms with E-state index in [1.165, 1.54) is 11.1 Å². The Morgan fingerprint density at radius 1 is 0.650 bits per heavy atom. The summed E-state index contributed by atoms with van der Waals surface area (Å²) in [5.74, 6) is 1.69. The molecule has 0 fully saturated rings. The van der Waals surface area contributed by atoms with Crippen LogP contribution in [0.15, 0.2) is 97.2 Å². The van der Waals surface area contributed by atoms with E-state index >= 15 is 0 Å². The van der Waals surface area contributed by atoms with Crippen LogP contribution in [0, 0.1) is 0 Å². The highest BCUT2D eigenvalue weighted by Gasteiger charge is 2.11. The average Bonchev–Trinajstić information content (AvgIpc) is 3.47. The van der Waals surface area contributed by atoms with Crippen molar-refractivity contribution in [3.8, 4) is 11.5 Å². The first-order valence-corrected chi connectivity index (χ1v) is 13.4. The molecular weight excluding hydrogens is 502 g/mol. The van der Waals surface area contributed by atoms with Crippen LogP contribution in [0.4, 0.5) is 5.69 Å². The highest BCUT2D eigenvalue weighted by Crippen LogP contribution is 2.25. The normalized spacial score (nSPS) is 11.1. The van der Waals surface area contributed by atoms with E-state index in [1.807, 2.05) is 42.6 Å². The summed E-state index contributed by atoms with van der Waals surface area (Å²) in [4.78, 5) is 2.37. The van der Waals surface area contributed by atoms with Crippen LogP contribution in [-0.2, 0) is 35.8 Å².